The van der Waals surface area contributed by atoms with Crippen LogP contribution in [0.25, 0.3) is 5.69 Å². The van der Waals surface area contributed by atoms with Gasteiger partial charge in [0.05, 0.1) is 5.69 Å². The van der Waals surface area contributed by atoms with Crippen molar-refractivity contribution in [2.45, 2.75) is 19.0 Å². The van der Waals surface area contributed by atoms with Crippen LogP contribution in [-0.4, -0.2) is 45.4 Å². The first-order chi connectivity index (χ1) is 16.1. The van der Waals surface area contributed by atoms with E-state index in [-0.39, 0.29) is 22.8 Å². The zero-order chi connectivity index (χ0) is 24.5. The van der Waals surface area contributed by atoms with Gasteiger partial charge < -0.3 is 15.4 Å². The minimum atomic E-state index is -4.78. The number of alkyl halides is 3. The van der Waals surface area contributed by atoms with Crippen LogP contribution in [0.3, 0.4) is 0 Å². The van der Waals surface area contributed by atoms with Crippen molar-refractivity contribution in [3.05, 3.63) is 77.1 Å². The number of aromatic nitrogens is 2. The van der Waals surface area contributed by atoms with Crippen molar-refractivity contribution in [2.24, 2.45) is 5.73 Å². The SMILES string of the molecule is N=C(N)c1cccc(-n2nc(C(F)(F)F)cc2C(=O)Oc2ccc(C(=N)N3CCCC3)cc2)c1. The highest BCUT2D eigenvalue weighted by molar-refractivity contribution is 5.97. The molecule has 0 unspecified atom stereocenters. The van der Waals surface area contributed by atoms with Crippen LogP contribution in [-0.2, 0) is 6.18 Å². The molecule has 1 aromatic heterocycles. The maximum absolute atomic E-state index is 13.3. The Morgan fingerprint density at radius 1 is 1.00 bits per heavy atom. The average Bonchev–Trinajstić information content (AvgIpc) is 3.49. The van der Waals surface area contributed by atoms with E-state index in [1.165, 1.54) is 36.4 Å². The summed E-state index contributed by atoms with van der Waals surface area (Å²) in [6, 6.07) is 12.6. The minimum absolute atomic E-state index is 0.113. The fourth-order valence-electron chi connectivity index (χ4n) is 3.63. The summed E-state index contributed by atoms with van der Waals surface area (Å²) in [5.74, 6) is -0.845. The average molecular weight is 470 g/mol. The van der Waals surface area contributed by atoms with Crippen LogP contribution in [0.1, 0.15) is 40.2 Å². The molecule has 0 bridgehead atoms. The molecule has 34 heavy (non-hydrogen) atoms. The number of esters is 1. The van der Waals surface area contributed by atoms with E-state index in [0.29, 0.717) is 17.5 Å². The lowest BCUT2D eigenvalue weighted by Crippen LogP contribution is -2.27. The smallest absolute Gasteiger partial charge is 0.422 e. The number of nitrogens with two attached hydrogens (primary N) is 1. The fourth-order valence-corrected chi connectivity index (χ4v) is 3.63. The number of carbonyl (C=O) groups excluding carboxylic acids is 1. The Bertz CT molecular complexity index is 1240. The molecular formula is C23H21F3N6O2. The zero-order valence-corrected chi connectivity index (χ0v) is 17.9. The first-order valence-electron chi connectivity index (χ1n) is 10.4. The van der Waals surface area contributed by atoms with E-state index in [9.17, 15) is 18.0 Å². The normalized spacial score (nSPS) is 13.7. The molecule has 1 aliphatic rings. The molecular weight excluding hydrogens is 449 g/mol. The van der Waals surface area contributed by atoms with Crippen LogP contribution < -0.4 is 10.5 Å². The van der Waals surface area contributed by atoms with Crippen molar-refractivity contribution in [3.8, 4) is 11.4 Å². The van der Waals surface area contributed by atoms with E-state index in [1.807, 2.05) is 4.90 Å². The largest absolute Gasteiger partial charge is 0.435 e. The van der Waals surface area contributed by atoms with Gasteiger partial charge in [-0.1, -0.05) is 12.1 Å². The van der Waals surface area contributed by atoms with Crippen LogP contribution in [0, 0.1) is 10.8 Å². The molecule has 11 heteroatoms. The van der Waals surface area contributed by atoms with Gasteiger partial charge in [0.25, 0.3) is 0 Å². The maximum atomic E-state index is 13.3. The second kappa shape index (κ2) is 9.00. The van der Waals surface area contributed by atoms with Crippen molar-refractivity contribution in [2.75, 3.05) is 13.1 Å². The molecule has 3 aromatic rings. The Hall–Kier alpha value is -4.15. The van der Waals surface area contributed by atoms with Crippen molar-refractivity contribution < 1.29 is 22.7 Å². The van der Waals surface area contributed by atoms with Crippen LogP contribution in [0.5, 0.6) is 5.75 Å². The number of nitrogen functional groups attached to an aromatic ring is 1. The molecule has 0 amide bonds. The predicted octanol–water partition coefficient (Wildman–Crippen LogP) is 3.82. The van der Waals surface area contributed by atoms with Gasteiger partial charge in [0.15, 0.2) is 11.4 Å². The fraction of sp³-hybridized carbons (Fsp3) is 0.217. The lowest BCUT2D eigenvalue weighted by molar-refractivity contribution is -0.141. The first kappa shape index (κ1) is 23.0. The summed E-state index contributed by atoms with van der Waals surface area (Å²) >= 11 is 0. The third-order valence-electron chi connectivity index (χ3n) is 5.37. The molecule has 1 fully saturated rings. The van der Waals surface area contributed by atoms with Gasteiger partial charge in [0.2, 0.25) is 0 Å². The van der Waals surface area contributed by atoms with Gasteiger partial charge in [-0.2, -0.15) is 18.3 Å². The second-order valence-electron chi connectivity index (χ2n) is 7.75. The number of amidine groups is 2. The summed E-state index contributed by atoms with van der Waals surface area (Å²) < 4.78 is 46.1. The van der Waals surface area contributed by atoms with Gasteiger partial charge in [-0.05, 0) is 49.2 Å². The Morgan fingerprint density at radius 2 is 1.68 bits per heavy atom. The number of nitrogens with one attached hydrogen (secondary N) is 2. The van der Waals surface area contributed by atoms with Gasteiger partial charge in [-0.3, -0.25) is 10.8 Å². The summed E-state index contributed by atoms with van der Waals surface area (Å²) in [5.41, 5.74) is 4.79. The second-order valence-corrected chi connectivity index (χ2v) is 7.75. The molecule has 0 radical (unpaired) electrons. The molecule has 0 spiro atoms. The van der Waals surface area contributed by atoms with Gasteiger partial charge in [-0.15, -0.1) is 0 Å². The van der Waals surface area contributed by atoms with E-state index >= 15 is 0 Å². The third-order valence-corrected chi connectivity index (χ3v) is 5.37. The molecule has 4 rings (SSSR count). The summed E-state index contributed by atoms with van der Waals surface area (Å²) in [6.45, 7) is 1.62. The van der Waals surface area contributed by atoms with E-state index in [0.717, 1.165) is 30.6 Å². The van der Waals surface area contributed by atoms with Crippen molar-refractivity contribution in [1.29, 1.82) is 10.8 Å². The highest BCUT2D eigenvalue weighted by Gasteiger charge is 2.36. The van der Waals surface area contributed by atoms with Crippen LogP contribution in [0.4, 0.5) is 13.2 Å². The van der Waals surface area contributed by atoms with Crippen molar-refractivity contribution in [3.63, 3.8) is 0 Å². The third kappa shape index (κ3) is 4.77. The number of ether oxygens (including phenoxy) is 1. The van der Waals surface area contributed by atoms with E-state index in [2.05, 4.69) is 5.10 Å². The topological polar surface area (TPSA) is 121 Å². The molecule has 8 nitrogen and oxygen atoms in total. The molecule has 1 saturated heterocycles. The quantitative estimate of drug-likeness (QED) is 0.227. The maximum Gasteiger partial charge on any atom is 0.435 e. The lowest BCUT2D eigenvalue weighted by atomic mass is 10.2. The van der Waals surface area contributed by atoms with E-state index < -0.39 is 23.5 Å². The summed E-state index contributed by atoms with van der Waals surface area (Å²) in [5, 5.41) is 19.4. The van der Waals surface area contributed by atoms with Crippen molar-refractivity contribution in [1.82, 2.24) is 14.7 Å². The molecule has 1 aliphatic heterocycles. The molecule has 2 aromatic carbocycles. The highest BCUT2D eigenvalue weighted by Crippen LogP contribution is 2.30. The van der Waals surface area contributed by atoms with Gasteiger partial charge in [0.1, 0.15) is 17.4 Å². The first-order valence-corrected chi connectivity index (χ1v) is 10.4. The van der Waals surface area contributed by atoms with E-state index in [4.69, 9.17) is 21.3 Å². The molecule has 2 heterocycles. The molecule has 0 saturated carbocycles. The Balaban J connectivity index is 1.61. The number of likely N-dealkylation sites (tertiary alicyclic amines) is 1. The number of hydrogen-bond donors (Lipinski definition) is 3. The Kier molecular flexibility index (Phi) is 6.10. The number of benzene rings is 2. The standard InChI is InChI=1S/C23H21F3N6O2/c24-23(25,26)19-13-18(32(30-19)16-5-3-4-15(12-16)20(27)28)22(33)34-17-8-6-14(7-9-17)21(29)31-10-1-2-11-31/h3-9,12-13,29H,1-2,10-11H2,(H3,27,28). The number of halogens is 3. The summed E-state index contributed by atoms with van der Waals surface area (Å²) in [7, 11) is 0. The number of hydrogen-bond acceptors (Lipinski definition) is 5. The molecule has 176 valence electrons. The molecule has 0 aliphatic carbocycles. The number of carbonyl (C=O) groups is 1. The van der Waals surface area contributed by atoms with Crippen LogP contribution >= 0.6 is 0 Å². The predicted molar refractivity (Wildman–Crippen MR) is 119 cm³/mol. The molecule has 4 N–H and O–H groups in total. The van der Waals surface area contributed by atoms with Gasteiger partial charge >= 0.3 is 12.1 Å². The summed E-state index contributed by atoms with van der Waals surface area (Å²) in [6.07, 6.45) is -2.72. The van der Waals surface area contributed by atoms with Crippen molar-refractivity contribution >= 4 is 17.6 Å². The lowest BCUT2D eigenvalue weighted by Gasteiger charge is -2.18. The Labute approximate surface area is 192 Å². The number of nitrogens with zero attached hydrogens (tertiary/aromatic N) is 3. The molecule has 0 atom stereocenters. The van der Waals surface area contributed by atoms with Gasteiger partial charge in [-0.25, -0.2) is 9.48 Å². The number of rotatable bonds is 5. The van der Waals surface area contributed by atoms with E-state index in [1.54, 1.807) is 12.1 Å². The highest BCUT2D eigenvalue weighted by atomic mass is 19.4. The zero-order valence-electron chi connectivity index (χ0n) is 17.9. The van der Waals surface area contributed by atoms with Crippen LogP contribution in [0.2, 0.25) is 0 Å². The Morgan fingerprint density at radius 3 is 2.29 bits per heavy atom. The van der Waals surface area contributed by atoms with Gasteiger partial charge in [0, 0.05) is 30.3 Å². The van der Waals surface area contributed by atoms with Crippen LogP contribution in [0.15, 0.2) is 54.6 Å². The summed E-state index contributed by atoms with van der Waals surface area (Å²) in [4.78, 5) is 14.8. The minimum Gasteiger partial charge on any atom is -0.422 e. The monoisotopic (exact) mass is 470 g/mol.